The first-order valence-corrected chi connectivity index (χ1v) is 11.5. The van der Waals surface area contributed by atoms with Gasteiger partial charge in [0.25, 0.3) is 5.91 Å². The third-order valence-corrected chi connectivity index (χ3v) is 6.96. The van der Waals surface area contributed by atoms with Crippen LogP contribution in [0.25, 0.3) is 0 Å². The molecule has 1 aromatic carbocycles. The van der Waals surface area contributed by atoms with Gasteiger partial charge in [-0.3, -0.25) is 25.2 Å². The molecular formula is C23H27N3O3S. The molecule has 1 aliphatic heterocycles. The van der Waals surface area contributed by atoms with Gasteiger partial charge in [0.05, 0.1) is 11.3 Å². The zero-order valence-corrected chi connectivity index (χ0v) is 17.9. The molecule has 0 saturated carbocycles. The van der Waals surface area contributed by atoms with Gasteiger partial charge in [-0.25, -0.2) is 0 Å². The van der Waals surface area contributed by atoms with E-state index in [2.05, 4.69) is 10.9 Å². The molecule has 3 amide bonds. The molecule has 1 aromatic heterocycles. The number of benzene rings is 1. The average Bonchev–Trinajstić information content (AvgIpc) is 3.33. The first kappa shape index (κ1) is 20.6. The van der Waals surface area contributed by atoms with Gasteiger partial charge in [-0.2, -0.15) is 0 Å². The van der Waals surface area contributed by atoms with Gasteiger partial charge < -0.3 is 4.90 Å². The molecule has 7 heteroatoms. The van der Waals surface area contributed by atoms with Crippen LogP contribution in [0.2, 0.25) is 0 Å². The predicted molar refractivity (Wildman–Crippen MR) is 118 cm³/mol. The van der Waals surface area contributed by atoms with Gasteiger partial charge in [-0.05, 0) is 61.4 Å². The Bertz CT molecular complexity index is 910. The summed E-state index contributed by atoms with van der Waals surface area (Å²) >= 11 is 1.54. The number of thiophene rings is 1. The van der Waals surface area contributed by atoms with Crippen LogP contribution in [0, 0.1) is 0 Å². The fourth-order valence-corrected chi connectivity index (χ4v) is 5.24. The second-order valence-corrected chi connectivity index (χ2v) is 9.10. The van der Waals surface area contributed by atoms with Crippen molar-refractivity contribution in [3.05, 3.63) is 51.2 Å². The summed E-state index contributed by atoms with van der Waals surface area (Å²) in [5, 5.41) is 0. The molecule has 0 spiro atoms. The van der Waals surface area contributed by atoms with E-state index in [4.69, 9.17) is 0 Å². The number of carbonyl (C=O) groups is 3. The zero-order chi connectivity index (χ0) is 20.9. The number of hydrogen-bond donors (Lipinski definition) is 2. The van der Waals surface area contributed by atoms with E-state index < -0.39 is 0 Å². The normalized spacial score (nSPS) is 16.5. The number of fused-ring (bicyclic) bond motifs is 1. The molecule has 158 valence electrons. The number of hydrazine groups is 1. The van der Waals surface area contributed by atoms with Crippen LogP contribution in [0.5, 0.6) is 0 Å². The maximum Gasteiger partial charge on any atom is 0.279 e. The minimum atomic E-state index is -0.275. The highest BCUT2D eigenvalue weighted by molar-refractivity contribution is 7.14. The van der Waals surface area contributed by atoms with Crippen molar-refractivity contribution in [3.8, 4) is 0 Å². The highest BCUT2D eigenvalue weighted by atomic mass is 32.1. The van der Waals surface area contributed by atoms with Gasteiger partial charge >= 0.3 is 0 Å². The predicted octanol–water partition coefficient (Wildman–Crippen LogP) is 3.54. The molecule has 1 saturated heterocycles. The smallest absolute Gasteiger partial charge is 0.279 e. The fraction of sp³-hybridized carbons (Fsp3) is 0.435. The van der Waals surface area contributed by atoms with Crippen LogP contribution in [0.15, 0.2) is 30.3 Å². The van der Waals surface area contributed by atoms with Gasteiger partial charge in [0.1, 0.15) is 0 Å². The molecule has 2 N–H and O–H groups in total. The fourth-order valence-electron chi connectivity index (χ4n) is 4.09. The summed E-state index contributed by atoms with van der Waals surface area (Å²) in [6, 6.07) is 9.41. The highest BCUT2D eigenvalue weighted by Crippen LogP contribution is 2.28. The first-order valence-electron chi connectivity index (χ1n) is 10.7. The Hall–Kier alpha value is -2.67. The molecule has 2 aromatic rings. The molecule has 0 bridgehead atoms. The number of amides is 3. The summed E-state index contributed by atoms with van der Waals surface area (Å²) in [4.78, 5) is 40.3. The van der Waals surface area contributed by atoms with Gasteiger partial charge in [0, 0.05) is 23.5 Å². The summed E-state index contributed by atoms with van der Waals surface area (Å²) in [5.41, 5.74) is 8.03. The van der Waals surface area contributed by atoms with Crippen LogP contribution < -0.4 is 15.8 Å². The van der Waals surface area contributed by atoms with Crippen molar-refractivity contribution < 1.29 is 14.4 Å². The van der Waals surface area contributed by atoms with E-state index in [0.29, 0.717) is 11.3 Å². The number of hydrogen-bond acceptors (Lipinski definition) is 4. The van der Waals surface area contributed by atoms with Crippen LogP contribution in [-0.2, 0) is 28.9 Å². The van der Waals surface area contributed by atoms with Crippen LogP contribution in [0.3, 0.4) is 0 Å². The third kappa shape index (κ3) is 4.90. The summed E-state index contributed by atoms with van der Waals surface area (Å²) in [7, 11) is 0. The number of carbonyl (C=O) groups excluding carboxylic acids is 3. The van der Waals surface area contributed by atoms with Crippen LogP contribution in [0.1, 0.15) is 64.2 Å². The largest absolute Gasteiger partial charge is 0.312 e. The lowest BCUT2D eigenvalue weighted by atomic mass is 10.00. The van der Waals surface area contributed by atoms with Gasteiger partial charge in [0.2, 0.25) is 11.8 Å². The van der Waals surface area contributed by atoms with Crippen molar-refractivity contribution in [1.82, 2.24) is 10.9 Å². The second-order valence-electron chi connectivity index (χ2n) is 7.97. The van der Waals surface area contributed by atoms with Crippen LogP contribution >= 0.6 is 11.3 Å². The molecule has 30 heavy (non-hydrogen) atoms. The van der Waals surface area contributed by atoms with Crippen molar-refractivity contribution in [2.45, 2.75) is 57.8 Å². The standard InChI is InChI=1S/C23H27N3O3S/c27-21(14-16-9-11-18(12-10-16)26-13-5-8-22(26)28)24-25-23(29)20-15-17-6-3-1-2-4-7-19(17)30-20/h9-12,15H,1-8,13-14H2,(H,24,27)(H,25,29). The van der Waals surface area contributed by atoms with E-state index in [1.807, 2.05) is 30.3 Å². The monoisotopic (exact) mass is 425 g/mol. The minimum absolute atomic E-state index is 0.143. The Morgan fingerprint density at radius 2 is 1.70 bits per heavy atom. The summed E-state index contributed by atoms with van der Waals surface area (Å²) in [5.74, 6) is -0.393. The van der Waals surface area contributed by atoms with Crippen molar-refractivity contribution in [3.63, 3.8) is 0 Å². The maximum absolute atomic E-state index is 12.5. The van der Waals surface area contributed by atoms with E-state index >= 15 is 0 Å². The topological polar surface area (TPSA) is 78.5 Å². The van der Waals surface area contributed by atoms with E-state index in [-0.39, 0.29) is 24.1 Å². The zero-order valence-electron chi connectivity index (χ0n) is 17.0. The average molecular weight is 426 g/mol. The molecule has 2 heterocycles. The second kappa shape index (κ2) is 9.43. The van der Waals surface area contributed by atoms with Gasteiger partial charge in [-0.15, -0.1) is 11.3 Å². The van der Waals surface area contributed by atoms with Crippen LogP contribution in [0.4, 0.5) is 5.69 Å². The molecular weight excluding hydrogens is 398 g/mol. The van der Waals surface area contributed by atoms with Crippen molar-refractivity contribution in [2.24, 2.45) is 0 Å². The molecule has 1 fully saturated rings. The van der Waals surface area contributed by atoms with E-state index in [1.54, 1.807) is 4.90 Å². The lowest BCUT2D eigenvalue weighted by molar-refractivity contribution is -0.121. The Morgan fingerprint density at radius 1 is 0.933 bits per heavy atom. The quantitative estimate of drug-likeness (QED) is 0.736. The first-order chi connectivity index (χ1) is 14.6. The van der Waals surface area contributed by atoms with E-state index in [1.165, 1.54) is 47.5 Å². The maximum atomic E-state index is 12.5. The molecule has 1 aliphatic carbocycles. The van der Waals surface area contributed by atoms with Crippen molar-refractivity contribution in [2.75, 3.05) is 11.4 Å². The Kier molecular flexibility index (Phi) is 6.47. The number of aryl methyl sites for hydroxylation is 2. The number of anilines is 1. The van der Waals surface area contributed by atoms with Crippen molar-refractivity contribution in [1.29, 1.82) is 0 Å². The summed E-state index contributed by atoms with van der Waals surface area (Å²) in [6.45, 7) is 0.747. The van der Waals surface area contributed by atoms with Gasteiger partial charge in [-0.1, -0.05) is 25.0 Å². The Morgan fingerprint density at radius 3 is 2.43 bits per heavy atom. The van der Waals surface area contributed by atoms with Gasteiger partial charge in [0.15, 0.2) is 0 Å². The number of nitrogens with zero attached hydrogens (tertiary/aromatic N) is 1. The molecule has 6 nitrogen and oxygen atoms in total. The summed E-state index contributed by atoms with van der Waals surface area (Å²) in [6.07, 6.45) is 8.57. The highest BCUT2D eigenvalue weighted by Gasteiger charge is 2.21. The Labute approximate surface area is 180 Å². The van der Waals surface area contributed by atoms with Crippen molar-refractivity contribution >= 4 is 34.7 Å². The molecule has 0 unspecified atom stereocenters. The lowest BCUT2D eigenvalue weighted by Gasteiger charge is -2.15. The molecule has 2 aliphatic rings. The van der Waals surface area contributed by atoms with Crippen LogP contribution in [-0.4, -0.2) is 24.3 Å². The molecule has 0 atom stereocenters. The molecule has 4 rings (SSSR count). The Balaban J connectivity index is 1.29. The number of rotatable bonds is 4. The number of nitrogens with one attached hydrogen (secondary N) is 2. The summed E-state index contributed by atoms with van der Waals surface area (Å²) < 4.78 is 0. The van der Waals surface area contributed by atoms with E-state index in [0.717, 1.165) is 37.1 Å². The molecule has 0 radical (unpaired) electrons. The third-order valence-electron chi connectivity index (χ3n) is 5.72. The SMILES string of the molecule is O=C(Cc1ccc(N2CCCC2=O)cc1)NNC(=O)c1cc2c(s1)CCCCCC2. The van der Waals surface area contributed by atoms with E-state index in [9.17, 15) is 14.4 Å². The minimum Gasteiger partial charge on any atom is -0.312 e. The lowest BCUT2D eigenvalue weighted by Crippen LogP contribution is -2.42.